The molecule has 150 valence electrons. The number of nitrogens with one attached hydrogen (secondary N) is 1. The van der Waals surface area contributed by atoms with Crippen molar-refractivity contribution in [2.75, 3.05) is 6.61 Å². The average molecular weight is 395 g/mol. The van der Waals surface area contributed by atoms with Gasteiger partial charge in [-0.05, 0) is 37.6 Å². The number of nitrogens with zero attached hydrogens (tertiary/aromatic N) is 2. The summed E-state index contributed by atoms with van der Waals surface area (Å²) in [6, 6.07) is 12.9. The molecule has 0 saturated heterocycles. The number of esters is 1. The summed E-state index contributed by atoms with van der Waals surface area (Å²) in [6.45, 7) is 3.00. The molecule has 1 atom stereocenters. The van der Waals surface area contributed by atoms with Crippen molar-refractivity contribution in [1.82, 2.24) is 14.7 Å². The Morgan fingerprint density at radius 1 is 1.17 bits per heavy atom. The van der Waals surface area contributed by atoms with Crippen LogP contribution in [0.2, 0.25) is 0 Å². The lowest BCUT2D eigenvalue weighted by molar-refractivity contribution is -0.148. The van der Waals surface area contributed by atoms with E-state index in [2.05, 4.69) is 10.3 Å². The summed E-state index contributed by atoms with van der Waals surface area (Å²) in [5.41, 5.74) is 1.47. The van der Waals surface area contributed by atoms with Crippen LogP contribution in [0.1, 0.15) is 18.2 Å². The molecule has 2 heterocycles. The number of hydrogen-bond donors (Lipinski definition) is 1. The molecule has 29 heavy (non-hydrogen) atoms. The van der Waals surface area contributed by atoms with Gasteiger partial charge in [-0.2, -0.15) is 0 Å². The van der Waals surface area contributed by atoms with Crippen LogP contribution in [0.4, 0.5) is 0 Å². The summed E-state index contributed by atoms with van der Waals surface area (Å²) in [4.78, 5) is 40.5. The number of amides is 1. The van der Waals surface area contributed by atoms with Gasteiger partial charge in [-0.1, -0.05) is 24.3 Å². The van der Waals surface area contributed by atoms with Crippen LogP contribution in [0.25, 0.3) is 5.65 Å². The zero-order chi connectivity index (χ0) is 20.8. The molecular weight excluding hydrogens is 374 g/mol. The Hall–Kier alpha value is -3.68. The van der Waals surface area contributed by atoms with Crippen LogP contribution in [0, 0.1) is 6.92 Å². The standard InChI is InChI=1S/C21H21N3O5/c1-14-8-9-18-23-16(10-20(26)24(18)11-14)12-29-21(27)15(2)22-19(25)13-28-17-6-4-3-5-7-17/h3-11,15H,12-13H2,1-2H3,(H,22,25)/t15-/m0/s1. The van der Waals surface area contributed by atoms with E-state index in [1.54, 1.807) is 36.5 Å². The Bertz CT molecular complexity index is 1080. The first kappa shape index (κ1) is 20.1. The van der Waals surface area contributed by atoms with E-state index >= 15 is 0 Å². The first-order valence-electron chi connectivity index (χ1n) is 9.05. The van der Waals surface area contributed by atoms with Gasteiger partial charge in [0, 0.05) is 12.3 Å². The first-order chi connectivity index (χ1) is 13.9. The molecule has 1 aromatic carbocycles. The SMILES string of the molecule is Cc1ccc2nc(COC(=O)[C@H](C)NC(=O)COc3ccccc3)cc(=O)n2c1. The molecule has 8 nitrogen and oxygen atoms in total. The smallest absolute Gasteiger partial charge is 0.328 e. The Morgan fingerprint density at radius 2 is 1.93 bits per heavy atom. The fraction of sp³-hybridized carbons (Fsp3) is 0.238. The lowest BCUT2D eigenvalue weighted by Gasteiger charge is -2.14. The number of para-hydroxylation sites is 1. The minimum absolute atomic E-state index is 0.167. The second-order valence-corrected chi connectivity index (χ2v) is 6.52. The van der Waals surface area contributed by atoms with E-state index in [0.717, 1.165) is 5.56 Å². The van der Waals surface area contributed by atoms with Gasteiger partial charge in [0.15, 0.2) is 6.61 Å². The van der Waals surface area contributed by atoms with Crippen LogP contribution in [0.15, 0.2) is 59.5 Å². The molecule has 0 unspecified atom stereocenters. The van der Waals surface area contributed by atoms with Gasteiger partial charge in [0.25, 0.3) is 11.5 Å². The summed E-state index contributed by atoms with van der Waals surface area (Å²) in [7, 11) is 0. The molecule has 0 bridgehead atoms. The Morgan fingerprint density at radius 3 is 2.69 bits per heavy atom. The number of carbonyl (C=O) groups excluding carboxylic acids is 2. The third kappa shape index (κ3) is 5.41. The van der Waals surface area contributed by atoms with Crippen molar-refractivity contribution in [3.05, 3.63) is 76.3 Å². The fourth-order valence-corrected chi connectivity index (χ4v) is 2.61. The van der Waals surface area contributed by atoms with E-state index in [0.29, 0.717) is 17.1 Å². The van der Waals surface area contributed by atoms with Gasteiger partial charge in [0.2, 0.25) is 0 Å². The van der Waals surface area contributed by atoms with Crippen LogP contribution in [0.5, 0.6) is 5.75 Å². The number of pyridine rings is 1. The van der Waals surface area contributed by atoms with Crippen molar-refractivity contribution in [1.29, 1.82) is 0 Å². The number of rotatable bonds is 7. The monoisotopic (exact) mass is 395 g/mol. The lowest BCUT2D eigenvalue weighted by Crippen LogP contribution is -2.41. The molecular formula is C21H21N3O5. The number of ether oxygens (including phenoxy) is 2. The van der Waals surface area contributed by atoms with Crippen molar-refractivity contribution in [2.24, 2.45) is 0 Å². The van der Waals surface area contributed by atoms with Crippen LogP contribution in [0.3, 0.4) is 0 Å². The Labute approximate surface area is 167 Å². The van der Waals surface area contributed by atoms with E-state index in [-0.39, 0.29) is 18.8 Å². The van der Waals surface area contributed by atoms with Crippen molar-refractivity contribution in [2.45, 2.75) is 26.5 Å². The highest BCUT2D eigenvalue weighted by Gasteiger charge is 2.18. The largest absolute Gasteiger partial charge is 0.484 e. The van der Waals surface area contributed by atoms with Gasteiger partial charge in [-0.25, -0.2) is 9.78 Å². The number of carbonyl (C=O) groups is 2. The number of fused-ring (bicyclic) bond motifs is 1. The molecule has 0 saturated carbocycles. The summed E-state index contributed by atoms with van der Waals surface area (Å²) >= 11 is 0. The molecule has 2 aromatic heterocycles. The van der Waals surface area contributed by atoms with E-state index in [9.17, 15) is 14.4 Å². The topological polar surface area (TPSA) is 99.0 Å². The van der Waals surface area contributed by atoms with Crippen LogP contribution in [-0.4, -0.2) is 33.9 Å². The predicted molar refractivity (Wildman–Crippen MR) is 106 cm³/mol. The van der Waals surface area contributed by atoms with Crippen molar-refractivity contribution < 1.29 is 19.1 Å². The molecule has 8 heteroatoms. The van der Waals surface area contributed by atoms with Gasteiger partial charge >= 0.3 is 5.97 Å². The van der Waals surface area contributed by atoms with Crippen molar-refractivity contribution in [3.63, 3.8) is 0 Å². The van der Waals surface area contributed by atoms with Gasteiger partial charge in [0.05, 0.1) is 5.69 Å². The quantitative estimate of drug-likeness (QED) is 0.611. The number of aryl methyl sites for hydroxylation is 1. The number of benzene rings is 1. The van der Waals surface area contributed by atoms with Gasteiger partial charge in [-0.15, -0.1) is 0 Å². The van der Waals surface area contributed by atoms with E-state index in [1.165, 1.54) is 17.4 Å². The molecule has 1 amide bonds. The van der Waals surface area contributed by atoms with Crippen LogP contribution >= 0.6 is 0 Å². The molecule has 0 aliphatic heterocycles. The number of aromatic nitrogens is 2. The predicted octanol–water partition coefficient (Wildman–Crippen LogP) is 1.63. The van der Waals surface area contributed by atoms with E-state index in [1.807, 2.05) is 19.1 Å². The Kier molecular flexibility index (Phi) is 6.23. The maximum Gasteiger partial charge on any atom is 0.328 e. The minimum atomic E-state index is -0.869. The van der Waals surface area contributed by atoms with Crippen molar-refractivity contribution in [3.8, 4) is 5.75 Å². The van der Waals surface area contributed by atoms with Gasteiger partial charge in [-0.3, -0.25) is 14.0 Å². The molecule has 0 spiro atoms. The highest BCUT2D eigenvalue weighted by Crippen LogP contribution is 2.08. The molecule has 3 rings (SSSR count). The minimum Gasteiger partial charge on any atom is -0.484 e. The highest BCUT2D eigenvalue weighted by molar-refractivity contribution is 5.84. The maximum absolute atomic E-state index is 12.2. The van der Waals surface area contributed by atoms with Gasteiger partial charge < -0.3 is 14.8 Å². The molecule has 1 N–H and O–H groups in total. The summed E-state index contributed by atoms with van der Waals surface area (Å²) < 4.78 is 11.9. The zero-order valence-electron chi connectivity index (χ0n) is 16.1. The van der Waals surface area contributed by atoms with Gasteiger partial charge in [0.1, 0.15) is 24.0 Å². The summed E-state index contributed by atoms with van der Waals surface area (Å²) in [5, 5.41) is 2.51. The molecule has 0 aliphatic carbocycles. The maximum atomic E-state index is 12.2. The van der Waals surface area contributed by atoms with E-state index in [4.69, 9.17) is 9.47 Å². The molecule has 0 fully saturated rings. The second kappa shape index (κ2) is 9.01. The molecule has 0 radical (unpaired) electrons. The third-order valence-corrected chi connectivity index (χ3v) is 4.07. The van der Waals surface area contributed by atoms with Crippen molar-refractivity contribution >= 4 is 17.5 Å². The highest BCUT2D eigenvalue weighted by atomic mass is 16.5. The van der Waals surface area contributed by atoms with Crippen LogP contribution < -0.4 is 15.6 Å². The summed E-state index contributed by atoms with van der Waals surface area (Å²) in [5.74, 6) is -0.526. The van der Waals surface area contributed by atoms with E-state index < -0.39 is 17.9 Å². The fourth-order valence-electron chi connectivity index (χ4n) is 2.61. The number of hydrogen-bond acceptors (Lipinski definition) is 6. The molecule has 3 aromatic rings. The zero-order valence-corrected chi connectivity index (χ0v) is 16.1. The Balaban J connectivity index is 1.52. The summed E-state index contributed by atoms with van der Waals surface area (Å²) in [6.07, 6.45) is 1.69. The first-order valence-corrected chi connectivity index (χ1v) is 9.05. The third-order valence-electron chi connectivity index (χ3n) is 4.07. The normalized spacial score (nSPS) is 11.7. The average Bonchev–Trinajstić information content (AvgIpc) is 2.71. The molecule has 0 aliphatic rings. The van der Waals surface area contributed by atoms with Crippen LogP contribution in [-0.2, 0) is 20.9 Å². The second-order valence-electron chi connectivity index (χ2n) is 6.52. The lowest BCUT2D eigenvalue weighted by atomic mass is 10.3.